The van der Waals surface area contributed by atoms with Crippen LogP contribution in [-0.2, 0) is 18.9 Å². The van der Waals surface area contributed by atoms with E-state index in [4.69, 9.17) is 11.6 Å². The lowest BCUT2D eigenvalue weighted by Gasteiger charge is -2.31. The van der Waals surface area contributed by atoms with Crippen molar-refractivity contribution in [2.75, 3.05) is 10.7 Å². The number of benzene rings is 1. The topological polar surface area (TPSA) is 17.8 Å². The Kier molecular flexibility index (Phi) is 5.55. The van der Waals surface area contributed by atoms with Gasteiger partial charge in [-0.3, -0.25) is 4.68 Å². The molecule has 1 aromatic carbocycles. The largest absolute Gasteiger partial charge is 0.257 e. The van der Waals surface area contributed by atoms with Crippen molar-refractivity contribution >= 4 is 43.5 Å². The molecule has 0 unspecified atom stereocenters. The van der Waals surface area contributed by atoms with Crippen LogP contribution < -0.4 is 0 Å². The number of aryl methyl sites for hydroxylation is 3. The zero-order valence-corrected chi connectivity index (χ0v) is 16.4. The molecule has 0 aliphatic rings. The van der Waals surface area contributed by atoms with Crippen molar-refractivity contribution in [3.05, 3.63) is 51.8 Å². The zero-order valence-electron chi connectivity index (χ0n) is 12.5. The Morgan fingerprint density at radius 1 is 1.14 bits per heavy atom. The average molecular weight is 435 g/mol. The van der Waals surface area contributed by atoms with E-state index in [-0.39, 0.29) is 5.41 Å². The number of hydrogen-bond donors (Lipinski definition) is 0. The molecule has 2 aromatic rings. The molecule has 2 nitrogen and oxygen atoms in total. The predicted octanol–water partition coefficient (Wildman–Crippen LogP) is 4.96. The molecule has 0 spiro atoms. The highest BCUT2D eigenvalue weighted by atomic mass is 79.9. The first-order chi connectivity index (χ1) is 9.93. The molecule has 0 fully saturated rings. The molecular formula is C16H19Br2ClN2. The average Bonchev–Trinajstić information content (AvgIpc) is 2.72. The van der Waals surface area contributed by atoms with Crippen molar-refractivity contribution in [1.29, 1.82) is 0 Å². The van der Waals surface area contributed by atoms with Crippen LogP contribution in [0, 0.1) is 13.8 Å². The Bertz CT molecular complexity index is 616. The minimum atomic E-state index is -0.0366. The van der Waals surface area contributed by atoms with Crippen molar-refractivity contribution in [3.8, 4) is 0 Å². The van der Waals surface area contributed by atoms with E-state index in [1.54, 1.807) is 4.68 Å². The maximum atomic E-state index is 6.42. The molecule has 0 bridgehead atoms. The molecule has 0 N–H and O–H groups in total. The van der Waals surface area contributed by atoms with Crippen molar-refractivity contribution in [3.63, 3.8) is 0 Å². The molecule has 114 valence electrons. The van der Waals surface area contributed by atoms with E-state index >= 15 is 0 Å². The van der Waals surface area contributed by atoms with Crippen LogP contribution in [-0.4, -0.2) is 20.4 Å². The van der Waals surface area contributed by atoms with Crippen molar-refractivity contribution < 1.29 is 0 Å². The Morgan fingerprint density at radius 2 is 1.71 bits per heavy atom. The van der Waals surface area contributed by atoms with Crippen LogP contribution in [0.2, 0.25) is 5.15 Å². The smallest absolute Gasteiger partial charge is 0.130 e. The van der Waals surface area contributed by atoms with Gasteiger partial charge in [0.05, 0.1) is 5.69 Å². The summed E-state index contributed by atoms with van der Waals surface area (Å²) in [4.78, 5) is 0. The molecule has 0 aliphatic heterocycles. The van der Waals surface area contributed by atoms with Gasteiger partial charge >= 0.3 is 0 Å². The van der Waals surface area contributed by atoms with E-state index < -0.39 is 0 Å². The van der Waals surface area contributed by atoms with Gasteiger partial charge in [-0.05, 0) is 25.8 Å². The first-order valence-electron chi connectivity index (χ1n) is 6.80. The molecule has 0 saturated heterocycles. The van der Waals surface area contributed by atoms with Crippen molar-refractivity contribution in [2.45, 2.75) is 25.7 Å². The summed E-state index contributed by atoms with van der Waals surface area (Å²) in [5.41, 5.74) is 4.67. The van der Waals surface area contributed by atoms with E-state index in [0.717, 1.165) is 33.5 Å². The van der Waals surface area contributed by atoms with Crippen LogP contribution in [0.3, 0.4) is 0 Å². The minimum Gasteiger partial charge on any atom is -0.257 e. The van der Waals surface area contributed by atoms with Gasteiger partial charge in [0, 0.05) is 28.7 Å². The van der Waals surface area contributed by atoms with Gasteiger partial charge < -0.3 is 0 Å². The number of nitrogens with zero attached hydrogens (tertiary/aromatic N) is 2. The molecule has 21 heavy (non-hydrogen) atoms. The van der Waals surface area contributed by atoms with E-state index in [9.17, 15) is 0 Å². The fourth-order valence-electron chi connectivity index (χ4n) is 2.51. The van der Waals surface area contributed by atoms with E-state index in [0.29, 0.717) is 0 Å². The monoisotopic (exact) mass is 432 g/mol. The molecule has 1 aromatic heterocycles. The minimum absolute atomic E-state index is 0.0366. The predicted molar refractivity (Wildman–Crippen MR) is 97.1 cm³/mol. The van der Waals surface area contributed by atoms with Gasteiger partial charge in [0.1, 0.15) is 5.15 Å². The molecule has 0 atom stereocenters. The summed E-state index contributed by atoms with van der Waals surface area (Å²) >= 11 is 13.8. The zero-order chi connectivity index (χ0) is 15.6. The normalized spacial score (nSPS) is 11.9. The summed E-state index contributed by atoms with van der Waals surface area (Å²) in [7, 11) is 1.88. The maximum absolute atomic E-state index is 6.42. The molecule has 0 amide bonds. The number of rotatable bonds is 5. The second-order valence-electron chi connectivity index (χ2n) is 5.57. The van der Waals surface area contributed by atoms with E-state index in [1.807, 2.05) is 14.0 Å². The third-order valence-corrected chi connectivity index (χ3v) is 6.58. The Balaban J connectivity index is 2.45. The molecule has 0 saturated carbocycles. The fraction of sp³-hybridized carbons (Fsp3) is 0.438. The maximum Gasteiger partial charge on any atom is 0.130 e. The molecule has 2 rings (SSSR count). The number of aromatic nitrogens is 2. The summed E-state index contributed by atoms with van der Waals surface area (Å²) in [6, 6.07) is 8.73. The lowest BCUT2D eigenvalue weighted by atomic mass is 9.79. The molecule has 0 aliphatic carbocycles. The summed E-state index contributed by atoms with van der Waals surface area (Å²) in [6.45, 7) is 4.12. The Hall–Kier alpha value is -0.320. The van der Waals surface area contributed by atoms with Gasteiger partial charge in [0.2, 0.25) is 0 Å². The van der Waals surface area contributed by atoms with Crippen LogP contribution in [0.15, 0.2) is 24.3 Å². The highest BCUT2D eigenvalue weighted by Gasteiger charge is 2.32. The first kappa shape index (κ1) is 17.0. The van der Waals surface area contributed by atoms with Crippen molar-refractivity contribution in [2.24, 2.45) is 7.05 Å². The van der Waals surface area contributed by atoms with Gasteiger partial charge in [0.15, 0.2) is 0 Å². The third-order valence-electron chi connectivity index (χ3n) is 3.96. The third kappa shape index (κ3) is 3.38. The first-order valence-corrected chi connectivity index (χ1v) is 9.42. The highest BCUT2D eigenvalue weighted by Crippen LogP contribution is 2.35. The van der Waals surface area contributed by atoms with Crippen LogP contribution >= 0.6 is 43.5 Å². The molecule has 5 heteroatoms. The Labute approximate surface area is 148 Å². The summed E-state index contributed by atoms with van der Waals surface area (Å²) < 4.78 is 1.74. The number of halogens is 3. The van der Waals surface area contributed by atoms with Gasteiger partial charge in [-0.15, -0.1) is 0 Å². The Morgan fingerprint density at radius 3 is 2.14 bits per heavy atom. The molecule has 1 heterocycles. The summed E-state index contributed by atoms with van der Waals surface area (Å²) in [6.07, 6.45) is 0.852. The van der Waals surface area contributed by atoms with Gasteiger partial charge in [-0.2, -0.15) is 5.10 Å². The van der Waals surface area contributed by atoms with E-state index in [2.05, 4.69) is 68.1 Å². The lowest BCUT2D eigenvalue weighted by molar-refractivity contribution is 0.549. The fourth-order valence-corrected chi connectivity index (χ4v) is 4.72. The van der Waals surface area contributed by atoms with Crippen LogP contribution in [0.4, 0.5) is 0 Å². The van der Waals surface area contributed by atoms with E-state index in [1.165, 1.54) is 11.1 Å². The van der Waals surface area contributed by atoms with Crippen LogP contribution in [0.1, 0.15) is 22.4 Å². The number of alkyl halides is 2. The highest BCUT2D eigenvalue weighted by molar-refractivity contribution is 9.09. The van der Waals surface area contributed by atoms with Crippen LogP contribution in [0.5, 0.6) is 0 Å². The summed E-state index contributed by atoms with van der Waals surface area (Å²) in [5, 5.41) is 6.87. The van der Waals surface area contributed by atoms with Gasteiger partial charge in [0.25, 0.3) is 0 Å². The second-order valence-corrected chi connectivity index (χ2v) is 7.05. The van der Waals surface area contributed by atoms with Gasteiger partial charge in [-0.1, -0.05) is 73.3 Å². The van der Waals surface area contributed by atoms with Crippen molar-refractivity contribution in [1.82, 2.24) is 9.78 Å². The SMILES string of the molecule is Cc1ccc(C(CBr)(CBr)Cc2c(C)nn(C)c2Cl)cc1. The van der Waals surface area contributed by atoms with Crippen LogP contribution in [0.25, 0.3) is 0 Å². The summed E-state index contributed by atoms with van der Waals surface area (Å²) in [5.74, 6) is 0. The standard InChI is InChI=1S/C16H19Br2ClN2/c1-11-4-6-13(7-5-11)16(9-17,10-18)8-14-12(2)20-21(3)15(14)19/h4-7H,8-10H2,1-3H3. The molecule has 0 radical (unpaired) electrons. The lowest BCUT2D eigenvalue weighted by Crippen LogP contribution is -2.33. The molecular weight excluding hydrogens is 415 g/mol. The second kappa shape index (κ2) is 6.84. The number of hydrogen-bond acceptors (Lipinski definition) is 1. The quantitative estimate of drug-likeness (QED) is 0.608. The van der Waals surface area contributed by atoms with Gasteiger partial charge in [-0.25, -0.2) is 0 Å².